The second kappa shape index (κ2) is 15.8. The number of nitrogens with one attached hydrogen (secondary N) is 3. The van der Waals surface area contributed by atoms with Gasteiger partial charge >= 0.3 is 5.69 Å². The number of alkyl halides is 1. The van der Waals surface area contributed by atoms with Crippen LogP contribution < -0.4 is 16.7 Å². The van der Waals surface area contributed by atoms with Crippen LogP contribution in [0.1, 0.15) is 69.0 Å². The van der Waals surface area contributed by atoms with Crippen molar-refractivity contribution in [3.05, 3.63) is 93.8 Å². The molecule has 0 spiro atoms. The van der Waals surface area contributed by atoms with Crippen LogP contribution in [-0.2, 0) is 6.42 Å². The van der Waals surface area contributed by atoms with Crippen LogP contribution in [0.3, 0.4) is 0 Å². The fourth-order valence-electron chi connectivity index (χ4n) is 6.64. The first-order valence-corrected chi connectivity index (χ1v) is 16.8. The van der Waals surface area contributed by atoms with E-state index in [9.17, 15) is 9.18 Å². The lowest BCUT2D eigenvalue weighted by Gasteiger charge is -2.43. The molecule has 0 saturated carbocycles. The Balaban J connectivity index is 1.38. The molecular formula is C36H44ClF2N7O. The summed E-state index contributed by atoms with van der Waals surface area (Å²) in [6, 6.07) is 13.4. The second-order valence-electron chi connectivity index (χ2n) is 12.4. The van der Waals surface area contributed by atoms with Crippen LogP contribution >= 0.6 is 11.6 Å². The summed E-state index contributed by atoms with van der Waals surface area (Å²) in [6.07, 6.45) is 10.1. The zero-order valence-electron chi connectivity index (χ0n) is 26.9. The van der Waals surface area contributed by atoms with E-state index in [-0.39, 0.29) is 23.8 Å². The molecule has 5 N–H and O–H groups in total. The summed E-state index contributed by atoms with van der Waals surface area (Å²) in [5.74, 6) is -0.0912. The van der Waals surface area contributed by atoms with Gasteiger partial charge in [-0.3, -0.25) is 19.3 Å². The Labute approximate surface area is 279 Å². The van der Waals surface area contributed by atoms with Crippen molar-refractivity contribution < 1.29 is 8.78 Å². The molecule has 0 amide bonds. The summed E-state index contributed by atoms with van der Waals surface area (Å²) in [4.78, 5) is 22.9. The molecule has 1 aliphatic rings. The first-order chi connectivity index (χ1) is 22.7. The number of aromatic amines is 1. The van der Waals surface area contributed by atoms with Gasteiger partial charge in [0.05, 0.1) is 28.9 Å². The van der Waals surface area contributed by atoms with Gasteiger partial charge in [0.1, 0.15) is 5.65 Å². The summed E-state index contributed by atoms with van der Waals surface area (Å²) < 4.78 is 30.0. The number of nitrogens with two attached hydrogens (primary N) is 1. The number of H-pyrrole nitrogens is 1. The lowest BCUT2D eigenvalue weighted by atomic mass is 9.89. The molecule has 2 aromatic carbocycles. The van der Waals surface area contributed by atoms with Crippen molar-refractivity contribution >= 4 is 28.5 Å². The third-order valence-corrected chi connectivity index (χ3v) is 9.32. The number of likely N-dealkylation sites (tertiary alicyclic amines) is 1. The summed E-state index contributed by atoms with van der Waals surface area (Å²) in [5.41, 5.74) is 9.32. The SMILES string of the molecule is C=C[C@H](N)CCCc1cc(Cl)c(F)c(-c2cc3cn(-c4ccc([C@@H]5CCC[C@@H](CCNC(C)=N)N5CCCF)cc4)c(=O)nc3[nH]2)c1. The van der Waals surface area contributed by atoms with Gasteiger partial charge < -0.3 is 16.0 Å². The van der Waals surface area contributed by atoms with Crippen LogP contribution in [0.2, 0.25) is 5.02 Å². The lowest BCUT2D eigenvalue weighted by molar-refractivity contribution is 0.0741. The Kier molecular flexibility index (Phi) is 11.6. The van der Waals surface area contributed by atoms with Gasteiger partial charge in [-0.25, -0.2) is 9.18 Å². The standard InChI is InChI=1S/C36H44ClF2N7O/c1-3-27(41)8-4-7-24-19-30(34(39)31(37)20-24)32-21-26-22-46(36(47)44-35(26)43-32)29-13-11-25(12-14-29)33-10-5-9-28(15-17-42-23(2)40)45(33)18-6-16-38/h3,11-14,19-22,27-28,33H,1,4-10,15-18,41H2,2H3,(H2,40,42)(H,43,44,47)/t27-,28-,33-/m0/s1. The van der Waals surface area contributed by atoms with Gasteiger partial charge in [0.2, 0.25) is 0 Å². The number of fused-ring (bicyclic) bond motifs is 1. The van der Waals surface area contributed by atoms with E-state index in [1.165, 1.54) is 4.57 Å². The maximum Gasteiger partial charge on any atom is 0.354 e. The van der Waals surface area contributed by atoms with Crippen LogP contribution in [0, 0.1) is 11.2 Å². The molecule has 0 unspecified atom stereocenters. The highest BCUT2D eigenvalue weighted by Crippen LogP contribution is 2.36. The van der Waals surface area contributed by atoms with Crippen molar-refractivity contribution in [2.75, 3.05) is 19.8 Å². The fraction of sp³-hybridized carbons (Fsp3) is 0.417. The quantitative estimate of drug-likeness (QED) is 0.0645. The molecule has 8 nitrogen and oxygen atoms in total. The average Bonchev–Trinajstić information content (AvgIpc) is 3.47. The molecule has 47 heavy (non-hydrogen) atoms. The first kappa shape index (κ1) is 34.5. The Bertz CT molecular complexity index is 1750. The van der Waals surface area contributed by atoms with Gasteiger partial charge in [-0.2, -0.15) is 4.98 Å². The molecule has 0 bridgehead atoms. The van der Waals surface area contributed by atoms with Gasteiger partial charge in [-0.1, -0.05) is 29.8 Å². The van der Waals surface area contributed by atoms with Crippen LogP contribution in [-0.4, -0.2) is 57.1 Å². The van der Waals surface area contributed by atoms with Crippen LogP contribution in [0.15, 0.2) is 66.1 Å². The maximum atomic E-state index is 15.2. The number of benzene rings is 2. The van der Waals surface area contributed by atoms with Crippen LogP contribution in [0.5, 0.6) is 0 Å². The number of rotatable bonds is 14. The van der Waals surface area contributed by atoms with Crippen molar-refractivity contribution in [2.24, 2.45) is 5.73 Å². The van der Waals surface area contributed by atoms with E-state index in [4.69, 9.17) is 22.7 Å². The first-order valence-electron chi connectivity index (χ1n) is 16.4. The van der Waals surface area contributed by atoms with Gasteiger partial charge in [-0.15, -0.1) is 6.58 Å². The Morgan fingerprint density at radius 1 is 1.26 bits per heavy atom. The van der Waals surface area contributed by atoms with Crippen LogP contribution in [0.4, 0.5) is 8.78 Å². The van der Waals surface area contributed by atoms with Crippen molar-refractivity contribution in [2.45, 2.75) is 76.4 Å². The number of halogens is 3. The predicted molar refractivity (Wildman–Crippen MR) is 187 cm³/mol. The summed E-state index contributed by atoms with van der Waals surface area (Å²) in [5, 5.41) is 11.5. The molecule has 5 rings (SSSR count). The molecule has 0 radical (unpaired) electrons. The van der Waals surface area contributed by atoms with Gasteiger partial charge in [0.25, 0.3) is 0 Å². The fourth-order valence-corrected chi connectivity index (χ4v) is 6.88. The third kappa shape index (κ3) is 8.36. The second-order valence-corrected chi connectivity index (χ2v) is 12.8. The summed E-state index contributed by atoms with van der Waals surface area (Å²) >= 11 is 6.28. The molecule has 3 atom stereocenters. The minimum atomic E-state index is -0.540. The minimum absolute atomic E-state index is 0.0301. The van der Waals surface area contributed by atoms with E-state index in [0.717, 1.165) is 49.7 Å². The van der Waals surface area contributed by atoms with Gasteiger partial charge in [0, 0.05) is 48.4 Å². The maximum absolute atomic E-state index is 15.2. The average molecular weight is 664 g/mol. The number of hydrogen-bond donors (Lipinski definition) is 4. The molecule has 2 aromatic heterocycles. The highest BCUT2D eigenvalue weighted by Gasteiger charge is 2.31. The molecule has 4 aromatic rings. The number of amidine groups is 1. The monoisotopic (exact) mass is 663 g/mol. The van der Waals surface area contributed by atoms with E-state index in [1.807, 2.05) is 24.3 Å². The zero-order chi connectivity index (χ0) is 33.5. The van der Waals surface area contributed by atoms with Gasteiger partial charge in [-0.05, 0) is 99.7 Å². The topological polar surface area (TPSA) is 116 Å². The molecule has 0 aliphatic carbocycles. The molecule has 1 aliphatic heterocycles. The Hall–Kier alpha value is -3.86. The molecule has 1 saturated heterocycles. The smallest absolute Gasteiger partial charge is 0.354 e. The zero-order valence-corrected chi connectivity index (χ0v) is 27.6. The Morgan fingerprint density at radius 3 is 2.77 bits per heavy atom. The summed E-state index contributed by atoms with van der Waals surface area (Å²) in [6.45, 7) is 6.48. The van der Waals surface area contributed by atoms with Crippen molar-refractivity contribution in [1.29, 1.82) is 5.41 Å². The molecular weight excluding hydrogens is 620 g/mol. The van der Waals surface area contributed by atoms with Crippen molar-refractivity contribution in [3.63, 3.8) is 0 Å². The molecule has 11 heteroatoms. The number of nitrogens with zero attached hydrogens (tertiary/aromatic N) is 3. The van der Waals surface area contributed by atoms with Gasteiger partial charge in [0.15, 0.2) is 5.82 Å². The molecule has 3 heterocycles. The van der Waals surface area contributed by atoms with E-state index in [2.05, 4.69) is 26.8 Å². The normalized spacial score (nSPS) is 17.6. The third-order valence-electron chi connectivity index (χ3n) is 9.05. The van der Waals surface area contributed by atoms with Crippen molar-refractivity contribution in [3.8, 4) is 16.9 Å². The Morgan fingerprint density at radius 2 is 2.04 bits per heavy atom. The number of piperidine rings is 1. The highest BCUT2D eigenvalue weighted by molar-refractivity contribution is 6.31. The van der Waals surface area contributed by atoms with E-state index < -0.39 is 11.5 Å². The number of aromatic nitrogens is 3. The lowest BCUT2D eigenvalue weighted by Crippen LogP contribution is -2.44. The minimum Gasteiger partial charge on any atom is -0.374 e. The largest absolute Gasteiger partial charge is 0.374 e. The number of hydrogen-bond acceptors (Lipinski definition) is 5. The van der Waals surface area contributed by atoms with E-state index in [1.54, 1.807) is 37.4 Å². The predicted octanol–water partition coefficient (Wildman–Crippen LogP) is 7.24. The number of aryl methyl sites for hydroxylation is 1. The van der Waals surface area contributed by atoms with E-state index >= 15 is 4.39 Å². The summed E-state index contributed by atoms with van der Waals surface area (Å²) in [7, 11) is 0. The van der Waals surface area contributed by atoms with Crippen molar-refractivity contribution in [1.82, 2.24) is 24.8 Å². The van der Waals surface area contributed by atoms with Crippen LogP contribution in [0.25, 0.3) is 28.0 Å². The molecule has 1 fully saturated rings. The molecule has 250 valence electrons. The highest BCUT2D eigenvalue weighted by atomic mass is 35.5. The van der Waals surface area contributed by atoms with E-state index in [0.29, 0.717) is 65.8 Å².